The van der Waals surface area contributed by atoms with Crippen molar-refractivity contribution in [1.82, 2.24) is 9.62 Å². The summed E-state index contributed by atoms with van der Waals surface area (Å²) in [5.41, 5.74) is 4.42. The number of nitrogens with zero attached hydrogens (tertiary/aromatic N) is 2. The van der Waals surface area contributed by atoms with E-state index in [2.05, 4.69) is 10.2 Å². The van der Waals surface area contributed by atoms with Crippen molar-refractivity contribution >= 4 is 44.8 Å². The zero-order chi connectivity index (χ0) is 23.5. The third-order valence-electron chi connectivity index (χ3n) is 4.97. The van der Waals surface area contributed by atoms with Crippen molar-refractivity contribution in [1.29, 1.82) is 0 Å². The van der Waals surface area contributed by atoms with Gasteiger partial charge in [0.05, 0.1) is 24.7 Å². The number of sulfonamides is 1. The topological polar surface area (TPSA) is 106 Å². The van der Waals surface area contributed by atoms with Gasteiger partial charge in [0.15, 0.2) is 0 Å². The minimum Gasteiger partial charge on any atom is -0.493 e. The number of carbonyl (C=O) groups is 1. The van der Waals surface area contributed by atoms with Crippen LogP contribution < -0.4 is 15.8 Å². The first-order valence-corrected chi connectivity index (χ1v) is 11.5. The first-order chi connectivity index (χ1) is 15.1. The number of rotatable bonds is 8. The van der Waals surface area contributed by atoms with Crippen molar-refractivity contribution in [3.63, 3.8) is 0 Å². The van der Waals surface area contributed by atoms with Gasteiger partial charge in [0.2, 0.25) is 21.6 Å². The number of hydrogen-bond acceptors (Lipinski definition) is 5. The summed E-state index contributed by atoms with van der Waals surface area (Å²) in [6.07, 6.45) is 0. The van der Waals surface area contributed by atoms with E-state index in [0.29, 0.717) is 5.02 Å². The van der Waals surface area contributed by atoms with Crippen LogP contribution in [0.15, 0.2) is 41.3 Å². The predicted octanol–water partition coefficient (Wildman–Crippen LogP) is 2.83. The zero-order valence-electron chi connectivity index (χ0n) is 16.6. The van der Waals surface area contributed by atoms with Gasteiger partial charge in [0, 0.05) is 36.1 Å². The highest BCUT2D eigenvalue weighted by atomic mass is 35.5. The molecule has 1 saturated heterocycles. The Morgan fingerprint density at radius 2 is 2.00 bits per heavy atom. The first kappa shape index (κ1) is 24.2. The summed E-state index contributed by atoms with van der Waals surface area (Å²) in [4.78, 5) is 14.6. The summed E-state index contributed by atoms with van der Waals surface area (Å²) >= 11 is 11.9. The Bertz CT molecular complexity index is 1180. The fraction of sp³-hybridized carbons (Fsp3) is 0.300. The van der Waals surface area contributed by atoms with Gasteiger partial charge in [-0.2, -0.15) is 4.31 Å². The summed E-state index contributed by atoms with van der Waals surface area (Å²) in [5.74, 6) is -0.946. The second-order valence-corrected chi connectivity index (χ2v) is 10.1. The quantitative estimate of drug-likeness (QED) is 0.542. The van der Waals surface area contributed by atoms with Gasteiger partial charge in [-0.05, 0) is 30.3 Å². The van der Waals surface area contributed by atoms with E-state index in [1.807, 2.05) is 0 Å². The molecule has 1 aliphatic rings. The van der Waals surface area contributed by atoms with Gasteiger partial charge in [-0.1, -0.05) is 23.2 Å². The molecule has 0 unspecified atom stereocenters. The normalized spacial score (nSPS) is 15.5. The van der Waals surface area contributed by atoms with Crippen molar-refractivity contribution < 1.29 is 22.3 Å². The fourth-order valence-electron chi connectivity index (χ4n) is 3.21. The van der Waals surface area contributed by atoms with E-state index < -0.39 is 27.2 Å². The van der Waals surface area contributed by atoms with E-state index >= 15 is 0 Å². The number of hydrogen-bond donors (Lipinski definition) is 2. The number of carbonyl (C=O) groups excluding carboxylic acids is 1. The van der Waals surface area contributed by atoms with Gasteiger partial charge in [-0.15, -0.1) is 0 Å². The van der Waals surface area contributed by atoms with Gasteiger partial charge in [0.1, 0.15) is 16.5 Å². The molecule has 2 aromatic rings. The van der Waals surface area contributed by atoms with Crippen molar-refractivity contribution in [2.45, 2.75) is 4.90 Å². The third-order valence-corrected chi connectivity index (χ3v) is 7.48. The summed E-state index contributed by atoms with van der Waals surface area (Å²) in [6.45, 7) is 6.84. The smallest absolute Gasteiger partial charge is 0.244 e. The predicted molar refractivity (Wildman–Crippen MR) is 118 cm³/mol. The molecule has 0 aliphatic carbocycles. The van der Waals surface area contributed by atoms with E-state index in [4.69, 9.17) is 40.2 Å². The maximum absolute atomic E-state index is 13.9. The standard InChI is InChI=1S/C20H19Cl2FN4O4S/c1-25-17-4-3-14(7-16(17)23)31-12-20(9-26-19(28)8-24)10-27(11-20)32(29,30)18-5-2-13(21)6-15(18)22/h2-7H,8-12,24H2,(H,26,28). The van der Waals surface area contributed by atoms with E-state index in [-0.39, 0.29) is 54.1 Å². The average molecular weight is 501 g/mol. The molecule has 0 atom stereocenters. The molecule has 0 spiro atoms. The van der Waals surface area contributed by atoms with Crippen LogP contribution in [0.5, 0.6) is 5.75 Å². The Hall–Kier alpha value is -2.42. The fourth-order valence-corrected chi connectivity index (χ4v) is 5.62. The maximum atomic E-state index is 13.9. The van der Waals surface area contributed by atoms with Crippen LogP contribution in [-0.2, 0) is 14.8 Å². The molecule has 8 nitrogen and oxygen atoms in total. The average Bonchev–Trinajstić information content (AvgIpc) is 2.72. The Kier molecular flexibility index (Phi) is 7.27. The molecule has 170 valence electrons. The lowest BCUT2D eigenvalue weighted by molar-refractivity contribution is -0.121. The Labute approximate surface area is 194 Å². The number of nitrogens with one attached hydrogen (secondary N) is 1. The monoisotopic (exact) mass is 500 g/mol. The van der Waals surface area contributed by atoms with Crippen LogP contribution in [0, 0.1) is 17.8 Å². The Morgan fingerprint density at radius 3 is 2.59 bits per heavy atom. The first-order valence-electron chi connectivity index (χ1n) is 9.32. The summed E-state index contributed by atoms with van der Waals surface area (Å²) in [7, 11) is -3.91. The largest absolute Gasteiger partial charge is 0.493 e. The van der Waals surface area contributed by atoms with Crippen molar-refractivity contribution in [2.24, 2.45) is 11.1 Å². The Morgan fingerprint density at radius 1 is 1.28 bits per heavy atom. The van der Waals surface area contributed by atoms with Crippen molar-refractivity contribution in [3.8, 4) is 5.75 Å². The van der Waals surface area contributed by atoms with Crippen LogP contribution in [0.25, 0.3) is 4.85 Å². The van der Waals surface area contributed by atoms with E-state index in [0.717, 1.165) is 6.07 Å². The molecular formula is C20H19Cl2FN4O4S. The number of amides is 1. The number of nitrogens with two attached hydrogens (primary N) is 1. The molecule has 2 aromatic carbocycles. The lowest BCUT2D eigenvalue weighted by atomic mass is 9.82. The van der Waals surface area contributed by atoms with Gasteiger partial charge in [0.25, 0.3) is 0 Å². The molecule has 32 heavy (non-hydrogen) atoms. The highest BCUT2D eigenvalue weighted by molar-refractivity contribution is 7.89. The second kappa shape index (κ2) is 9.60. The van der Waals surface area contributed by atoms with E-state index in [1.54, 1.807) is 0 Å². The van der Waals surface area contributed by atoms with Crippen molar-refractivity contribution in [3.05, 3.63) is 63.7 Å². The van der Waals surface area contributed by atoms with Crippen LogP contribution >= 0.6 is 23.2 Å². The molecule has 12 heteroatoms. The molecule has 3 N–H and O–H groups in total. The molecule has 0 bridgehead atoms. The Balaban J connectivity index is 1.76. The summed E-state index contributed by atoms with van der Waals surface area (Å²) in [6, 6.07) is 7.92. The van der Waals surface area contributed by atoms with E-state index in [1.165, 1.54) is 34.6 Å². The second-order valence-electron chi connectivity index (χ2n) is 7.34. The van der Waals surface area contributed by atoms with Gasteiger partial charge < -0.3 is 15.8 Å². The van der Waals surface area contributed by atoms with Crippen LogP contribution in [0.1, 0.15) is 0 Å². The molecule has 1 heterocycles. The molecule has 1 fully saturated rings. The number of ether oxygens (including phenoxy) is 1. The van der Waals surface area contributed by atoms with Gasteiger partial charge in [-0.25, -0.2) is 17.7 Å². The minimum atomic E-state index is -3.91. The van der Waals surface area contributed by atoms with Crippen LogP contribution in [0.4, 0.5) is 10.1 Å². The minimum absolute atomic E-state index is 0.00180. The lowest BCUT2D eigenvalue weighted by Gasteiger charge is -2.48. The van der Waals surface area contributed by atoms with Crippen molar-refractivity contribution in [2.75, 3.05) is 32.8 Å². The summed E-state index contributed by atoms with van der Waals surface area (Å²) < 4.78 is 46.7. The van der Waals surface area contributed by atoms with Crippen LogP contribution in [0.2, 0.25) is 10.0 Å². The molecule has 0 aromatic heterocycles. The van der Waals surface area contributed by atoms with E-state index in [9.17, 15) is 17.6 Å². The highest BCUT2D eigenvalue weighted by Crippen LogP contribution is 2.38. The molecule has 0 saturated carbocycles. The van der Waals surface area contributed by atoms with Gasteiger partial charge >= 0.3 is 0 Å². The lowest BCUT2D eigenvalue weighted by Crippen LogP contribution is -2.65. The number of halogens is 3. The molecule has 3 rings (SSSR count). The number of benzene rings is 2. The molecule has 0 radical (unpaired) electrons. The zero-order valence-corrected chi connectivity index (χ0v) is 19.0. The highest BCUT2D eigenvalue weighted by Gasteiger charge is 2.49. The molecular weight excluding hydrogens is 482 g/mol. The summed E-state index contributed by atoms with van der Waals surface area (Å²) in [5, 5.41) is 2.95. The SMILES string of the molecule is [C-]#[N+]c1ccc(OCC2(CNC(=O)CN)CN(S(=O)(=O)c3ccc(Cl)cc3Cl)C2)cc1F. The van der Waals surface area contributed by atoms with Crippen LogP contribution in [-0.4, -0.2) is 51.4 Å². The third kappa shape index (κ3) is 5.14. The van der Waals surface area contributed by atoms with Gasteiger partial charge in [-0.3, -0.25) is 4.79 Å². The maximum Gasteiger partial charge on any atom is 0.244 e. The van der Waals surface area contributed by atoms with Crippen LogP contribution in [0.3, 0.4) is 0 Å². The molecule has 1 aliphatic heterocycles. The molecule has 1 amide bonds.